The van der Waals surface area contributed by atoms with Gasteiger partial charge in [0.1, 0.15) is 6.61 Å². The molecule has 1 fully saturated rings. The summed E-state index contributed by atoms with van der Waals surface area (Å²) < 4.78 is 4.99. The van der Waals surface area contributed by atoms with Crippen LogP contribution in [0.15, 0.2) is 54.6 Å². The third-order valence-corrected chi connectivity index (χ3v) is 4.43. The number of amides is 2. The maximum atomic E-state index is 12.6. The summed E-state index contributed by atoms with van der Waals surface area (Å²) in [6.45, 7) is 2.94. The summed E-state index contributed by atoms with van der Waals surface area (Å²) in [6.07, 6.45) is 0.911. The van der Waals surface area contributed by atoms with E-state index in [4.69, 9.17) is 4.74 Å². The van der Waals surface area contributed by atoms with Crippen molar-refractivity contribution in [2.75, 3.05) is 23.4 Å². The molecule has 1 aliphatic rings. The first kappa shape index (κ1) is 17.0. The summed E-state index contributed by atoms with van der Waals surface area (Å²) >= 11 is 0. The topological polar surface area (TPSA) is 58.6 Å². The van der Waals surface area contributed by atoms with Crippen LogP contribution in [0.2, 0.25) is 0 Å². The van der Waals surface area contributed by atoms with Crippen molar-refractivity contribution >= 4 is 23.4 Å². The van der Waals surface area contributed by atoms with Crippen LogP contribution in [0, 0.1) is 0 Å². The molecule has 25 heavy (non-hydrogen) atoms. The SMILES string of the molecule is CCC(CC(=O)Nc1ccccc1N1CCOC1=O)c1ccccc1. The zero-order chi connectivity index (χ0) is 17.6. The van der Waals surface area contributed by atoms with Crippen molar-refractivity contribution in [2.24, 2.45) is 0 Å². The van der Waals surface area contributed by atoms with Gasteiger partial charge in [-0.3, -0.25) is 9.69 Å². The molecule has 0 aromatic heterocycles. The number of hydrogen-bond donors (Lipinski definition) is 1. The highest BCUT2D eigenvalue weighted by Crippen LogP contribution is 2.29. The largest absolute Gasteiger partial charge is 0.447 e. The fraction of sp³-hybridized carbons (Fsp3) is 0.300. The number of carbonyl (C=O) groups excluding carboxylic acids is 2. The number of benzene rings is 2. The van der Waals surface area contributed by atoms with Crippen LogP contribution in [0.5, 0.6) is 0 Å². The van der Waals surface area contributed by atoms with Gasteiger partial charge in [0.25, 0.3) is 0 Å². The number of para-hydroxylation sites is 2. The lowest BCUT2D eigenvalue weighted by atomic mass is 9.93. The summed E-state index contributed by atoms with van der Waals surface area (Å²) in [5.74, 6) is 0.112. The number of hydrogen-bond acceptors (Lipinski definition) is 3. The Bertz CT molecular complexity index is 746. The zero-order valence-corrected chi connectivity index (χ0v) is 14.3. The minimum atomic E-state index is -0.377. The van der Waals surface area contributed by atoms with Crippen molar-refractivity contribution in [1.29, 1.82) is 0 Å². The van der Waals surface area contributed by atoms with Gasteiger partial charge >= 0.3 is 6.09 Å². The Labute approximate surface area is 147 Å². The number of nitrogens with zero attached hydrogens (tertiary/aromatic N) is 1. The second kappa shape index (κ2) is 7.83. The quantitative estimate of drug-likeness (QED) is 0.860. The van der Waals surface area contributed by atoms with Gasteiger partial charge in [0.2, 0.25) is 5.91 Å². The van der Waals surface area contributed by atoms with E-state index in [1.165, 1.54) is 0 Å². The van der Waals surface area contributed by atoms with Gasteiger partial charge in [0.05, 0.1) is 17.9 Å². The predicted molar refractivity (Wildman–Crippen MR) is 97.9 cm³/mol. The van der Waals surface area contributed by atoms with E-state index >= 15 is 0 Å². The van der Waals surface area contributed by atoms with Crippen LogP contribution in [-0.4, -0.2) is 25.2 Å². The molecule has 1 saturated heterocycles. The Morgan fingerprint density at radius 3 is 2.56 bits per heavy atom. The minimum absolute atomic E-state index is 0.0595. The van der Waals surface area contributed by atoms with E-state index in [1.54, 1.807) is 4.90 Å². The highest BCUT2D eigenvalue weighted by atomic mass is 16.6. The maximum absolute atomic E-state index is 12.6. The van der Waals surface area contributed by atoms with Gasteiger partial charge in [0, 0.05) is 6.42 Å². The van der Waals surface area contributed by atoms with E-state index in [9.17, 15) is 9.59 Å². The molecule has 0 radical (unpaired) electrons. The third kappa shape index (κ3) is 3.99. The van der Waals surface area contributed by atoms with Crippen LogP contribution in [0.25, 0.3) is 0 Å². The van der Waals surface area contributed by atoms with Crippen molar-refractivity contribution in [3.8, 4) is 0 Å². The number of anilines is 2. The zero-order valence-electron chi connectivity index (χ0n) is 14.3. The van der Waals surface area contributed by atoms with E-state index < -0.39 is 0 Å². The Morgan fingerprint density at radius 1 is 1.16 bits per heavy atom. The van der Waals surface area contributed by atoms with E-state index in [0.717, 1.165) is 12.0 Å². The first-order valence-corrected chi connectivity index (χ1v) is 8.57. The Kier molecular flexibility index (Phi) is 5.33. The number of ether oxygens (including phenoxy) is 1. The van der Waals surface area contributed by atoms with Crippen molar-refractivity contribution in [1.82, 2.24) is 0 Å². The van der Waals surface area contributed by atoms with E-state index in [1.807, 2.05) is 42.5 Å². The van der Waals surface area contributed by atoms with Gasteiger partial charge in [-0.15, -0.1) is 0 Å². The van der Waals surface area contributed by atoms with Gasteiger partial charge in [-0.05, 0) is 30.0 Å². The average molecular weight is 338 g/mol. The first-order chi connectivity index (χ1) is 12.2. The molecule has 0 saturated carbocycles. The standard InChI is InChI=1S/C20H22N2O3/c1-2-15(16-8-4-3-5-9-16)14-19(23)21-17-10-6-7-11-18(17)22-12-13-25-20(22)24/h3-11,15H,2,12-14H2,1H3,(H,21,23). The molecule has 2 amide bonds. The number of carbonyl (C=O) groups is 2. The molecule has 1 heterocycles. The summed E-state index contributed by atoms with van der Waals surface area (Å²) in [5.41, 5.74) is 2.47. The van der Waals surface area contributed by atoms with Crippen molar-refractivity contribution in [3.05, 3.63) is 60.2 Å². The highest BCUT2D eigenvalue weighted by Gasteiger charge is 2.26. The smallest absolute Gasteiger partial charge is 0.414 e. The fourth-order valence-electron chi connectivity index (χ4n) is 3.08. The molecule has 1 N–H and O–H groups in total. The predicted octanol–water partition coefficient (Wildman–Crippen LogP) is 4.17. The van der Waals surface area contributed by atoms with Crippen LogP contribution in [0.1, 0.15) is 31.2 Å². The molecular formula is C20H22N2O3. The normalized spacial score (nSPS) is 14.9. The molecule has 130 valence electrons. The molecule has 5 nitrogen and oxygen atoms in total. The highest BCUT2D eigenvalue weighted by molar-refractivity contribution is 5.99. The molecule has 3 rings (SSSR count). The van der Waals surface area contributed by atoms with Crippen LogP contribution in [0.3, 0.4) is 0 Å². The second-order valence-electron chi connectivity index (χ2n) is 6.05. The van der Waals surface area contributed by atoms with E-state index in [-0.39, 0.29) is 17.9 Å². The number of cyclic esters (lactones) is 1. The molecule has 5 heteroatoms. The number of nitrogens with one attached hydrogen (secondary N) is 1. The second-order valence-corrected chi connectivity index (χ2v) is 6.05. The fourth-order valence-corrected chi connectivity index (χ4v) is 3.08. The van der Waals surface area contributed by atoms with E-state index in [0.29, 0.717) is 30.9 Å². The van der Waals surface area contributed by atoms with Gasteiger partial charge < -0.3 is 10.1 Å². The Morgan fingerprint density at radius 2 is 1.88 bits per heavy atom. The molecule has 0 bridgehead atoms. The molecule has 2 aromatic rings. The van der Waals surface area contributed by atoms with Crippen molar-refractivity contribution in [3.63, 3.8) is 0 Å². The summed E-state index contributed by atoms with van der Waals surface area (Å²) in [7, 11) is 0. The van der Waals surface area contributed by atoms with Crippen LogP contribution >= 0.6 is 0 Å². The van der Waals surface area contributed by atoms with Crippen LogP contribution in [0.4, 0.5) is 16.2 Å². The molecule has 1 unspecified atom stereocenters. The monoisotopic (exact) mass is 338 g/mol. The first-order valence-electron chi connectivity index (χ1n) is 8.57. The van der Waals surface area contributed by atoms with Crippen LogP contribution in [-0.2, 0) is 9.53 Å². The lowest BCUT2D eigenvalue weighted by molar-refractivity contribution is -0.116. The van der Waals surface area contributed by atoms with Crippen LogP contribution < -0.4 is 10.2 Å². The Hall–Kier alpha value is -2.82. The summed E-state index contributed by atoms with van der Waals surface area (Å²) in [5, 5.41) is 2.95. The molecule has 0 spiro atoms. The summed E-state index contributed by atoms with van der Waals surface area (Å²) in [4.78, 5) is 25.9. The van der Waals surface area contributed by atoms with Gasteiger partial charge in [-0.1, -0.05) is 49.4 Å². The third-order valence-electron chi connectivity index (χ3n) is 4.43. The minimum Gasteiger partial charge on any atom is -0.447 e. The molecule has 2 aromatic carbocycles. The van der Waals surface area contributed by atoms with E-state index in [2.05, 4.69) is 24.4 Å². The molecule has 1 atom stereocenters. The summed E-state index contributed by atoms with van der Waals surface area (Å²) in [6, 6.07) is 17.4. The number of rotatable bonds is 6. The van der Waals surface area contributed by atoms with Gasteiger partial charge in [0.15, 0.2) is 0 Å². The van der Waals surface area contributed by atoms with Crippen molar-refractivity contribution < 1.29 is 14.3 Å². The molecule has 0 aliphatic carbocycles. The van der Waals surface area contributed by atoms with Gasteiger partial charge in [-0.25, -0.2) is 4.79 Å². The Balaban J connectivity index is 1.72. The van der Waals surface area contributed by atoms with Crippen molar-refractivity contribution in [2.45, 2.75) is 25.7 Å². The molecule has 1 aliphatic heterocycles. The van der Waals surface area contributed by atoms with Gasteiger partial charge in [-0.2, -0.15) is 0 Å². The lowest BCUT2D eigenvalue weighted by Gasteiger charge is -2.19. The molecular weight excluding hydrogens is 316 g/mol. The average Bonchev–Trinajstić information content (AvgIpc) is 3.06. The lowest BCUT2D eigenvalue weighted by Crippen LogP contribution is -2.25. The maximum Gasteiger partial charge on any atom is 0.414 e.